The molecule has 1 aromatic rings. The van der Waals surface area contributed by atoms with Crippen molar-refractivity contribution in [3.05, 3.63) is 33.3 Å². The highest BCUT2D eigenvalue weighted by Gasteiger charge is 2.33. The van der Waals surface area contributed by atoms with Crippen LogP contribution in [0.1, 0.15) is 42.5 Å². The average molecular weight is 296 g/mol. The largest absolute Gasteiger partial charge is 0.313 e. The van der Waals surface area contributed by atoms with E-state index >= 15 is 0 Å². The van der Waals surface area contributed by atoms with E-state index in [0.29, 0.717) is 6.04 Å². The van der Waals surface area contributed by atoms with Crippen molar-refractivity contribution in [2.24, 2.45) is 11.8 Å². The lowest BCUT2D eigenvalue weighted by atomic mass is 9.87. The van der Waals surface area contributed by atoms with E-state index in [1.54, 1.807) is 0 Å². The van der Waals surface area contributed by atoms with E-state index in [4.69, 9.17) is 0 Å². The molecular formula is C15H22BrN. The van der Waals surface area contributed by atoms with E-state index in [9.17, 15) is 0 Å². The van der Waals surface area contributed by atoms with Crippen molar-refractivity contribution in [3.63, 3.8) is 0 Å². The van der Waals surface area contributed by atoms with Gasteiger partial charge in [-0.1, -0.05) is 28.9 Å². The summed E-state index contributed by atoms with van der Waals surface area (Å²) in [4.78, 5) is 0. The summed E-state index contributed by atoms with van der Waals surface area (Å²) >= 11 is 3.61. The quantitative estimate of drug-likeness (QED) is 0.870. The first kappa shape index (κ1) is 13.1. The molecule has 2 rings (SSSR count). The Hall–Kier alpha value is -0.340. The van der Waals surface area contributed by atoms with Gasteiger partial charge in [-0.3, -0.25) is 0 Å². The molecule has 1 N–H and O–H groups in total. The Morgan fingerprint density at radius 1 is 1.24 bits per heavy atom. The van der Waals surface area contributed by atoms with Crippen molar-refractivity contribution in [1.82, 2.24) is 5.32 Å². The number of rotatable bonds is 4. The Morgan fingerprint density at radius 3 is 2.41 bits per heavy atom. The van der Waals surface area contributed by atoms with Gasteiger partial charge in [0.05, 0.1) is 0 Å². The van der Waals surface area contributed by atoms with Crippen molar-refractivity contribution in [2.75, 3.05) is 7.05 Å². The van der Waals surface area contributed by atoms with Crippen LogP contribution in [0.15, 0.2) is 16.6 Å². The van der Waals surface area contributed by atoms with Crippen molar-refractivity contribution < 1.29 is 0 Å². The van der Waals surface area contributed by atoms with Crippen LogP contribution < -0.4 is 5.32 Å². The summed E-state index contributed by atoms with van der Waals surface area (Å²) in [5, 5.41) is 3.51. The van der Waals surface area contributed by atoms with Crippen LogP contribution in [0.2, 0.25) is 0 Å². The second-order valence-corrected chi connectivity index (χ2v) is 6.28. The maximum Gasteiger partial charge on any atom is 0.0348 e. The fourth-order valence-corrected chi connectivity index (χ4v) is 3.19. The molecule has 17 heavy (non-hydrogen) atoms. The zero-order valence-corrected chi connectivity index (χ0v) is 12.8. The molecule has 0 saturated heterocycles. The van der Waals surface area contributed by atoms with Gasteiger partial charge in [0, 0.05) is 10.5 Å². The highest BCUT2D eigenvalue weighted by molar-refractivity contribution is 9.10. The lowest BCUT2D eigenvalue weighted by molar-refractivity contribution is 0.368. The second kappa shape index (κ2) is 5.11. The van der Waals surface area contributed by atoms with E-state index in [-0.39, 0.29) is 0 Å². The second-order valence-electron chi connectivity index (χ2n) is 5.42. The minimum absolute atomic E-state index is 0.495. The summed E-state index contributed by atoms with van der Waals surface area (Å²) < 4.78 is 1.22. The van der Waals surface area contributed by atoms with Crippen LogP contribution >= 0.6 is 15.9 Å². The highest BCUT2D eigenvalue weighted by atomic mass is 79.9. The summed E-state index contributed by atoms with van der Waals surface area (Å²) in [5.74, 6) is 1.66. The summed E-state index contributed by atoms with van der Waals surface area (Å²) in [6.45, 7) is 6.76. The molecule has 0 aromatic heterocycles. The van der Waals surface area contributed by atoms with Gasteiger partial charge in [-0.05, 0) is 68.3 Å². The molecule has 2 unspecified atom stereocenters. The van der Waals surface area contributed by atoms with E-state index in [0.717, 1.165) is 11.8 Å². The Morgan fingerprint density at radius 2 is 1.88 bits per heavy atom. The predicted molar refractivity (Wildman–Crippen MR) is 77.3 cm³/mol. The lowest BCUT2D eigenvalue weighted by Crippen LogP contribution is -2.25. The summed E-state index contributed by atoms with van der Waals surface area (Å²) in [6, 6.07) is 5.07. The Balaban J connectivity index is 2.32. The van der Waals surface area contributed by atoms with Crippen LogP contribution in [0.4, 0.5) is 0 Å². The molecule has 1 aliphatic rings. The van der Waals surface area contributed by atoms with Gasteiger partial charge in [0.1, 0.15) is 0 Å². The fourth-order valence-electron chi connectivity index (χ4n) is 2.73. The normalized spacial score (nSPS) is 19.1. The Bertz CT molecular complexity index is 410. The maximum absolute atomic E-state index is 3.61. The SMILES string of the molecule is CNC(c1cc(C)c(Br)cc1C)C(C)C1CC1. The van der Waals surface area contributed by atoms with Crippen LogP contribution in [0.5, 0.6) is 0 Å². The van der Waals surface area contributed by atoms with Crippen LogP contribution in [0, 0.1) is 25.7 Å². The monoisotopic (exact) mass is 295 g/mol. The molecule has 2 atom stereocenters. The number of nitrogens with one attached hydrogen (secondary N) is 1. The standard InChI is InChI=1S/C15H22BrN/c1-9-8-14(16)10(2)7-13(9)15(17-4)11(3)12-5-6-12/h7-8,11-12,15,17H,5-6H2,1-4H3. The van der Waals surface area contributed by atoms with Gasteiger partial charge in [-0.2, -0.15) is 0 Å². The molecule has 1 aliphatic carbocycles. The third-order valence-corrected chi connectivity index (χ3v) is 4.94. The van der Waals surface area contributed by atoms with Gasteiger partial charge in [0.25, 0.3) is 0 Å². The van der Waals surface area contributed by atoms with E-state index in [1.165, 1.54) is 34.0 Å². The molecular weight excluding hydrogens is 274 g/mol. The molecule has 0 heterocycles. The minimum Gasteiger partial charge on any atom is -0.313 e. The molecule has 0 spiro atoms. The molecule has 0 radical (unpaired) electrons. The van der Waals surface area contributed by atoms with Gasteiger partial charge < -0.3 is 5.32 Å². The highest BCUT2D eigenvalue weighted by Crippen LogP contribution is 2.43. The maximum atomic E-state index is 3.61. The Kier molecular flexibility index (Phi) is 3.94. The lowest BCUT2D eigenvalue weighted by Gasteiger charge is -2.26. The summed E-state index contributed by atoms with van der Waals surface area (Å²) in [7, 11) is 2.08. The van der Waals surface area contributed by atoms with E-state index < -0.39 is 0 Å². The van der Waals surface area contributed by atoms with Crippen molar-refractivity contribution in [1.29, 1.82) is 0 Å². The zero-order valence-electron chi connectivity index (χ0n) is 11.2. The first-order valence-electron chi connectivity index (χ1n) is 6.48. The smallest absolute Gasteiger partial charge is 0.0348 e. The number of hydrogen-bond donors (Lipinski definition) is 1. The molecule has 1 fully saturated rings. The molecule has 1 saturated carbocycles. The molecule has 0 bridgehead atoms. The average Bonchev–Trinajstić information content (AvgIpc) is 3.09. The molecule has 1 nitrogen and oxygen atoms in total. The first-order chi connectivity index (χ1) is 8.04. The van der Waals surface area contributed by atoms with Gasteiger partial charge in [-0.15, -0.1) is 0 Å². The predicted octanol–water partition coefficient (Wildman–Crippen LogP) is 4.37. The third-order valence-electron chi connectivity index (χ3n) is 4.08. The Labute approximate surface area is 113 Å². The van der Waals surface area contributed by atoms with Gasteiger partial charge in [0.2, 0.25) is 0 Å². The van der Waals surface area contributed by atoms with Crippen LogP contribution in [0.25, 0.3) is 0 Å². The molecule has 94 valence electrons. The van der Waals surface area contributed by atoms with E-state index in [2.05, 4.69) is 61.2 Å². The molecule has 0 aliphatic heterocycles. The fraction of sp³-hybridized carbons (Fsp3) is 0.600. The van der Waals surface area contributed by atoms with Crippen molar-refractivity contribution >= 4 is 15.9 Å². The summed E-state index contributed by atoms with van der Waals surface area (Å²) in [6.07, 6.45) is 2.82. The van der Waals surface area contributed by atoms with Crippen LogP contribution in [0.3, 0.4) is 0 Å². The number of halogens is 1. The zero-order chi connectivity index (χ0) is 12.6. The van der Waals surface area contributed by atoms with Gasteiger partial charge >= 0.3 is 0 Å². The van der Waals surface area contributed by atoms with E-state index in [1.807, 2.05) is 0 Å². The molecule has 1 aromatic carbocycles. The van der Waals surface area contributed by atoms with Crippen LogP contribution in [-0.4, -0.2) is 7.05 Å². The minimum atomic E-state index is 0.495. The number of hydrogen-bond acceptors (Lipinski definition) is 1. The third kappa shape index (κ3) is 2.74. The van der Waals surface area contributed by atoms with Gasteiger partial charge in [-0.25, -0.2) is 0 Å². The first-order valence-corrected chi connectivity index (χ1v) is 7.27. The number of benzene rings is 1. The van der Waals surface area contributed by atoms with Crippen molar-refractivity contribution in [2.45, 2.75) is 39.7 Å². The van der Waals surface area contributed by atoms with Gasteiger partial charge in [0.15, 0.2) is 0 Å². The molecule has 2 heteroatoms. The van der Waals surface area contributed by atoms with Crippen LogP contribution in [-0.2, 0) is 0 Å². The van der Waals surface area contributed by atoms with Crippen molar-refractivity contribution in [3.8, 4) is 0 Å². The number of aryl methyl sites for hydroxylation is 2. The topological polar surface area (TPSA) is 12.0 Å². The summed E-state index contributed by atoms with van der Waals surface area (Å²) in [5.41, 5.74) is 4.18. The molecule has 0 amide bonds.